The standard InChI is InChI=1S/C25H24FNO6/c1-4-11-32-19-8-6-15(13-20(19)31-3)22-21-23(28)17-14-16(26)7-9-18(17)33-24(21)25(29)27(22)10-5-12-30-2/h4,6-9,13-14,22H,1,5,10-12H2,2-3H3. The third kappa shape index (κ3) is 4.09. The van der Waals surface area contributed by atoms with E-state index in [1.165, 1.54) is 19.2 Å². The third-order valence-electron chi connectivity index (χ3n) is 5.54. The molecule has 0 N–H and O–H groups in total. The number of hydrogen-bond donors (Lipinski definition) is 0. The van der Waals surface area contributed by atoms with Crippen LogP contribution in [0.25, 0.3) is 11.0 Å². The Balaban J connectivity index is 1.88. The Morgan fingerprint density at radius 1 is 1.15 bits per heavy atom. The largest absolute Gasteiger partial charge is 0.493 e. The first-order chi connectivity index (χ1) is 16.0. The van der Waals surface area contributed by atoms with Crippen LogP contribution >= 0.6 is 0 Å². The number of nitrogens with zero attached hydrogens (tertiary/aromatic N) is 1. The number of amides is 1. The summed E-state index contributed by atoms with van der Waals surface area (Å²) in [6, 6.07) is 8.17. The summed E-state index contributed by atoms with van der Waals surface area (Å²) < 4.78 is 35.9. The van der Waals surface area contributed by atoms with Crippen molar-refractivity contribution in [2.24, 2.45) is 0 Å². The lowest BCUT2D eigenvalue weighted by molar-refractivity contribution is 0.0707. The maximum atomic E-state index is 13.9. The summed E-state index contributed by atoms with van der Waals surface area (Å²) in [6.07, 6.45) is 2.18. The predicted molar refractivity (Wildman–Crippen MR) is 121 cm³/mol. The molecule has 0 saturated carbocycles. The van der Waals surface area contributed by atoms with Gasteiger partial charge in [-0.2, -0.15) is 0 Å². The predicted octanol–water partition coefficient (Wildman–Crippen LogP) is 4.09. The monoisotopic (exact) mass is 453 g/mol. The number of ether oxygens (including phenoxy) is 3. The van der Waals surface area contributed by atoms with Crippen molar-refractivity contribution in [3.8, 4) is 11.5 Å². The van der Waals surface area contributed by atoms with E-state index in [1.807, 2.05) is 0 Å². The van der Waals surface area contributed by atoms with Gasteiger partial charge < -0.3 is 23.5 Å². The molecule has 1 aromatic heterocycles. The summed E-state index contributed by atoms with van der Waals surface area (Å²) in [5.41, 5.74) is 0.545. The molecule has 0 aliphatic carbocycles. The summed E-state index contributed by atoms with van der Waals surface area (Å²) in [4.78, 5) is 28.3. The molecule has 1 amide bonds. The lowest BCUT2D eigenvalue weighted by Gasteiger charge is -2.25. The van der Waals surface area contributed by atoms with E-state index in [-0.39, 0.29) is 22.3 Å². The van der Waals surface area contributed by atoms with Gasteiger partial charge in [0.2, 0.25) is 5.76 Å². The smallest absolute Gasteiger partial charge is 0.290 e. The van der Waals surface area contributed by atoms with Crippen LogP contribution in [0.4, 0.5) is 4.39 Å². The molecule has 2 aromatic carbocycles. The maximum Gasteiger partial charge on any atom is 0.290 e. The normalized spacial score (nSPS) is 15.1. The molecular formula is C25H24FNO6. The van der Waals surface area contributed by atoms with E-state index in [2.05, 4.69) is 6.58 Å². The molecule has 1 aliphatic heterocycles. The van der Waals surface area contributed by atoms with E-state index in [4.69, 9.17) is 18.6 Å². The van der Waals surface area contributed by atoms with Gasteiger partial charge in [-0.3, -0.25) is 9.59 Å². The number of halogens is 1. The average molecular weight is 453 g/mol. The first kappa shape index (κ1) is 22.5. The van der Waals surface area contributed by atoms with Gasteiger partial charge >= 0.3 is 0 Å². The van der Waals surface area contributed by atoms with Crippen molar-refractivity contribution < 1.29 is 27.8 Å². The van der Waals surface area contributed by atoms with Gasteiger partial charge in [0.1, 0.15) is 18.0 Å². The molecule has 1 unspecified atom stereocenters. The van der Waals surface area contributed by atoms with E-state index in [9.17, 15) is 14.0 Å². The number of methoxy groups -OCH3 is 2. The van der Waals surface area contributed by atoms with Gasteiger partial charge in [0.15, 0.2) is 16.9 Å². The van der Waals surface area contributed by atoms with Crippen molar-refractivity contribution in [3.05, 3.63) is 82.0 Å². The Hall–Kier alpha value is -3.65. The molecule has 33 heavy (non-hydrogen) atoms. The fourth-order valence-corrected chi connectivity index (χ4v) is 4.07. The van der Waals surface area contributed by atoms with Gasteiger partial charge in [0, 0.05) is 20.3 Å². The Morgan fingerprint density at radius 3 is 2.70 bits per heavy atom. The van der Waals surface area contributed by atoms with E-state index < -0.39 is 23.2 Å². The first-order valence-electron chi connectivity index (χ1n) is 10.5. The number of benzene rings is 2. The number of carbonyl (C=O) groups excluding carboxylic acids is 1. The second-order valence-electron chi connectivity index (χ2n) is 7.57. The summed E-state index contributed by atoms with van der Waals surface area (Å²) in [5.74, 6) is -0.0432. The minimum atomic E-state index is -0.726. The summed E-state index contributed by atoms with van der Waals surface area (Å²) >= 11 is 0. The molecule has 4 rings (SSSR count). The van der Waals surface area contributed by atoms with Gasteiger partial charge in [0.25, 0.3) is 5.91 Å². The molecule has 0 bridgehead atoms. The van der Waals surface area contributed by atoms with Gasteiger partial charge in [0.05, 0.1) is 24.1 Å². The van der Waals surface area contributed by atoms with Crippen LogP contribution in [0.1, 0.15) is 34.1 Å². The Kier molecular flexibility index (Phi) is 6.46. The van der Waals surface area contributed by atoms with Crippen molar-refractivity contribution >= 4 is 16.9 Å². The van der Waals surface area contributed by atoms with Crippen molar-refractivity contribution in [2.75, 3.05) is 34.0 Å². The molecule has 172 valence electrons. The molecule has 0 radical (unpaired) electrons. The molecule has 0 saturated heterocycles. The molecule has 8 heteroatoms. The van der Waals surface area contributed by atoms with Crippen molar-refractivity contribution in [1.29, 1.82) is 0 Å². The number of fused-ring (bicyclic) bond motifs is 2. The van der Waals surface area contributed by atoms with Gasteiger partial charge in [-0.1, -0.05) is 18.7 Å². The molecule has 1 aliphatic rings. The van der Waals surface area contributed by atoms with Crippen LogP contribution in [0.15, 0.2) is 58.3 Å². The highest BCUT2D eigenvalue weighted by molar-refractivity contribution is 5.99. The molecule has 0 spiro atoms. The summed E-state index contributed by atoms with van der Waals surface area (Å²) in [6.45, 7) is 4.72. The zero-order chi connectivity index (χ0) is 23.5. The van der Waals surface area contributed by atoms with Gasteiger partial charge in [-0.15, -0.1) is 0 Å². The van der Waals surface area contributed by atoms with Crippen LogP contribution in [0.3, 0.4) is 0 Å². The summed E-state index contributed by atoms with van der Waals surface area (Å²) in [5, 5.41) is 0.0863. The van der Waals surface area contributed by atoms with Crippen molar-refractivity contribution in [2.45, 2.75) is 12.5 Å². The minimum Gasteiger partial charge on any atom is -0.493 e. The lowest BCUT2D eigenvalue weighted by Crippen LogP contribution is -2.31. The Bertz CT molecular complexity index is 1270. The number of rotatable bonds is 9. The van der Waals surface area contributed by atoms with Crippen LogP contribution < -0.4 is 14.9 Å². The van der Waals surface area contributed by atoms with Gasteiger partial charge in [-0.25, -0.2) is 4.39 Å². The van der Waals surface area contributed by atoms with Crippen LogP contribution in [-0.2, 0) is 4.74 Å². The topological polar surface area (TPSA) is 78.2 Å². The third-order valence-corrected chi connectivity index (χ3v) is 5.54. The Labute approximate surface area is 190 Å². The zero-order valence-corrected chi connectivity index (χ0v) is 18.4. The fraction of sp³-hybridized carbons (Fsp3) is 0.280. The average Bonchev–Trinajstić information content (AvgIpc) is 3.10. The quantitative estimate of drug-likeness (QED) is 0.359. The van der Waals surface area contributed by atoms with E-state index >= 15 is 0 Å². The second-order valence-corrected chi connectivity index (χ2v) is 7.57. The zero-order valence-electron chi connectivity index (χ0n) is 18.4. The van der Waals surface area contributed by atoms with E-state index in [1.54, 1.807) is 36.3 Å². The van der Waals surface area contributed by atoms with Crippen LogP contribution in [0, 0.1) is 5.82 Å². The number of carbonyl (C=O) groups is 1. The second kappa shape index (κ2) is 9.46. The van der Waals surface area contributed by atoms with E-state index in [0.29, 0.717) is 43.2 Å². The molecule has 2 heterocycles. The van der Waals surface area contributed by atoms with Crippen molar-refractivity contribution in [1.82, 2.24) is 4.90 Å². The molecule has 3 aromatic rings. The minimum absolute atomic E-state index is 0.0347. The highest BCUT2D eigenvalue weighted by atomic mass is 19.1. The Morgan fingerprint density at radius 2 is 1.97 bits per heavy atom. The van der Waals surface area contributed by atoms with Crippen LogP contribution in [0.2, 0.25) is 0 Å². The number of hydrogen-bond acceptors (Lipinski definition) is 6. The molecule has 1 atom stereocenters. The van der Waals surface area contributed by atoms with Crippen LogP contribution in [0.5, 0.6) is 11.5 Å². The van der Waals surface area contributed by atoms with Gasteiger partial charge in [-0.05, 0) is 42.3 Å². The maximum absolute atomic E-state index is 13.9. The fourth-order valence-electron chi connectivity index (χ4n) is 4.07. The molecular weight excluding hydrogens is 429 g/mol. The van der Waals surface area contributed by atoms with Crippen LogP contribution in [-0.4, -0.2) is 44.8 Å². The highest BCUT2D eigenvalue weighted by Gasteiger charge is 2.42. The lowest BCUT2D eigenvalue weighted by atomic mass is 9.98. The SMILES string of the molecule is C=CCOc1ccc(C2c3c(oc4ccc(F)cc4c3=O)C(=O)N2CCCOC)cc1OC. The van der Waals surface area contributed by atoms with Crippen molar-refractivity contribution in [3.63, 3.8) is 0 Å². The highest BCUT2D eigenvalue weighted by Crippen LogP contribution is 2.41. The molecule has 7 nitrogen and oxygen atoms in total. The van der Waals surface area contributed by atoms with E-state index in [0.717, 1.165) is 6.07 Å². The first-order valence-corrected chi connectivity index (χ1v) is 10.5. The molecule has 0 fully saturated rings. The summed E-state index contributed by atoms with van der Waals surface area (Å²) in [7, 11) is 3.09.